The molecule has 0 saturated carbocycles. The molecule has 0 aliphatic heterocycles. The van der Waals surface area contributed by atoms with Gasteiger partial charge in [-0.05, 0) is 36.2 Å². The molecule has 3 aromatic carbocycles. The van der Waals surface area contributed by atoms with Gasteiger partial charge >= 0.3 is 0 Å². The van der Waals surface area contributed by atoms with Crippen LogP contribution in [0.3, 0.4) is 0 Å². The van der Waals surface area contributed by atoms with Crippen molar-refractivity contribution in [2.45, 2.75) is 19.3 Å². The molecule has 1 amide bonds. The third kappa shape index (κ3) is 4.36. The van der Waals surface area contributed by atoms with E-state index < -0.39 is 0 Å². The quantitative estimate of drug-likeness (QED) is 0.360. The zero-order chi connectivity index (χ0) is 20.9. The van der Waals surface area contributed by atoms with Crippen LogP contribution in [-0.4, -0.2) is 15.7 Å². The lowest BCUT2D eigenvalue weighted by molar-refractivity contribution is -0.117. The number of nitrogens with one attached hydrogen (secondary N) is 1. The molecule has 0 radical (unpaired) electrons. The highest BCUT2D eigenvalue weighted by Gasteiger charge is 2.21. The number of carbonyl (C=O) groups excluding carboxylic acids is 1. The Hall–Kier alpha value is -3.18. The summed E-state index contributed by atoms with van der Waals surface area (Å²) in [4.78, 5) is 13.2. The van der Waals surface area contributed by atoms with Crippen molar-refractivity contribution in [2.75, 3.05) is 5.32 Å². The van der Waals surface area contributed by atoms with Gasteiger partial charge in [0.1, 0.15) is 5.82 Å². The van der Waals surface area contributed by atoms with Gasteiger partial charge in [0, 0.05) is 16.1 Å². The lowest BCUT2D eigenvalue weighted by Gasteiger charge is -2.16. The lowest BCUT2D eigenvalue weighted by atomic mass is 9.96. The highest BCUT2D eigenvalue weighted by Crippen LogP contribution is 2.27. The first kappa shape index (κ1) is 20.1. The van der Waals surface area contributed by atoms with Crippen LogP contribution < -0.4 is 5.32 Å². The smallest absolute Gasteiger partial charge is 0.233 e. The number of amides is 1. The highest BCUT2D eigenvalue weighted by molar-refractivity contribution is 9.10. The maximum Gasteiger partial charge on any atom is 0.233 e. The Morgan fingerprint density at radius 3 is 2.23 bits per heavy atom. The van der Waals surface area contributed by atoms with Gasteiger partial charge in [-0.15, -0.1) is 0 Å². The van der Waals surface area contributed by atoms with Gasteiger partial charge < -0.3 is 5.32 Å². The maximum atomic E-state index is 13.2. The fraction of sp³-hybridized carbons (Fsp3) is 0.120. The molecule has 1 aromatic heterocycles. The van der Waals surface area contributed by atoms with Crippen LogP contribution in [0.25, 0.3) is 16.9 Å². The summed E-state index contributed by atoms with van der Waals surface area (Å²) in [6, 6.07) is 29.6. The Morgan fingerprint density at radius 1 is 0.967 bits per heavy atom. The molecule has 0 aliphatic rings. The topological polar surface area (TPSA) is 46.9 Å². The fourth-order valence-corrected chi connectivity index (χ4v) is 3.73. The third-order valence-electron chi connectivity index (χ3n) is 5.03. The number of hydrogen-bond donors (Lipinski definition) is 1. The summed E-state index contributed by atoms with van der Waals surface area (Å²) in [5.41, 5.74) is 3.69. The van der Waals surface area contributed by atoms with E-state index in [9.17, 15) is 4.79 Å². The van der Waals surface area contributed by atoms with Gasteiger partial charge in [-0.25, -0.2) is 4.68 Å². The van der Waals surface area contributed by atoms with E-state index in [2.05, 4.69) is 21.2 Å². The van der Waals surface area contributed by atoms with E-state index in [1.54, 1.807) is 4.68 Å². The summed E-state index contributed by atoms with van der Waals surface area (Å²) in [6.45, 7) is 2.03. The lowest BCUT2D eigenvalue weighted by Crippen LogP contribution is -2.22. The van der Waals surface area contributed by atoms with Gasteiger partial charge in [-0.1, -0.05) is 83.5 Å². The van der Waals surface area contributed by atoms with Crippen LogP contribution in [0.15, 0.2) is 95.5 Å². The number of benzene rings is 3. The molecule has 150 valence electrons. The molecule has 0 unspecified atom stereocenters. The molecule has 4 nitrogen and oxygen atoms in total. The molecule has 4 rings (SSSR count). The van der Waals surface area contributed by atoms with Crippen LogP contribution in [0.5, 0.6) is 0 Å². The first-order valence-corrected chi connectivity index (χ1v) is 10.7. The van der Waals surface area contributed by atoms with Crippen molar-refractivity contribution in [1.29, 1.82) is 0 Å². The number of aromatic nitrogens is 2. The summed E-state index contributed by atoms with van der Waals surface area (Å²) in [7, 11) is 0. The number of rotatable bonds is 6. The number of halogens is 1. The van der Waals surface area contributed by atoms with Crippen molar-refractivity contribution >= 4 is 27.7 Å². The van der Waals surface area contributed by atoms with E-state index in [4.69, 9.17) is 5.10 Å². The van der Waals surface area contributed by atoms with Gasteiger partial charge in [-0.3, -0.25) is 4.79 Å². The normalized spacial score (nSPS) is 11.8. The monoisotopic (exact) mass is 459 g/mol. The minimum atomic E-state index is -0.223. The number of anilines is 1. The average Bonchev–Trinajstić information content (AvgIpc) is 3.20. The first-order valence-electron chi connectivity index (χ1n) is 9.93. The van der Waals surface area contributed by atoms with E-state index in [0.29, 0.717) is 12.2 Å². The van der Waals surface area contributed by atoms with Crippen LogP contribution in [0.1, 0.15) is 24.8 Å². The van der Waals surface area contributed by atoms with E-state index in [0.717, 1.165) is 27.0 Å². The van der Waals surface area contributed by atoms with Crippen LogP contribution in [-0.2, 0) is 4.79 Å². The zero-order valence-corrected chi connectivity index (χ0v) is 18.2. The number of hydrogen-bond acceptors (Lipinski definition) is 2. The van der Waals surface area contributed by atoms with Crippen LogP contribution in [0.2, 0.25) is 0 Å². The summed E-state index contributed by atoms with van der Waals surface area (Å²) in [5.74, 6) is 0.386. The highest BCUT2D eigenvalue weighted by atomic mass is 79.9. The van der Waals surface area contributed by atoms with Crippen molar-refractivity contribution in [3.63, 3.8) is 0 Å². The molecule has 4 aromatic rings. The second kappa shape index (κ2) is 9.09. The predicted octanol–water partition coefficient (Wildman–Crippen LogP) is 6.43. The minimum Gasteiger partial charge on any atom is -0.310 e. The van der Waals surface area contributed by atoms with Crippen molar-refractivity contribution in [1.82, 2.24) is 9.78 Å². The van der Waals surface area contributed by atoms with Crippen LogP contribution in [0.4, 0.5) is 5.82 Å². The van der Waals surface area contributed by atoms with Gasteiger partial charge in [0.15, 0.2) is 0 Å². The average molecular weight is 460 g/mol. The molecule has 0 saturated heterocycles. The molecular weight excluding hydrogens is 438 g/mol. The molecular formula is C25H22BrN3O. The van der Waals surface area contributed by atoms with Crippen molar-refractivity contribution < 1.29 is 4.79 Å². The number of carbonyl (C=O) groups is 1. The Bertz CT molecular complexity index is 1120. The van der Waals surface area contributed by atoms with Crippen molar-refractivity contribution in [2.24, 2.45) is 0 Å². The minimum absolute atomic E-state index is 0.0402. The van der Waals surface area contributed by atoms with E-state index in [-0.39, 0.29) is 11.8 Å². The molecule has 1 heterocycles. The third-order valence-corrected chi connectivity index (χ3v) is 5.56. The zero-order valence-electron chi connectivity index (χ0n) is 16.6. The Balaban J connectivity index is 1.71. The maximum absolute atomic E-state index is 13.2. The van der Waals surface area contributed by atoms with Gasteiger partial charge in [0.2, 0.25) is 5.91 Å². The summed E-state index contributed by atoms with van der Waals surface area (Å²) < 4.78 is 2.77. The Kier molecular flexibility index (Phi) is 6.10. The molecule has 0 aliphatic carbocycles. The van der Waals surface area contributed by atoms with Crippen molar-refractivity contribution in [3.8, 4) is 16.9 Å². The molecule has 30 heavy (non-hydrogen) atoms. The molecule has 1 atom stereocenters. The molecule has 0 spiro atoms. The second-order valence-electron chi connectivity index (χ2n) is 7.03. The van der Waals surface area contributed by atoms with E-state index in [1.807, 2.05) is 97.9 Å². The van der Waals surface area contributed by atoms with E-state index >= 15 is 0 Å². The number of nitrogens with zero attached hydrogens (tertiary/aromatic N) is 2. The molecule has 5 heteroatoms. The summed E-state index contributed by atoms with van der Waals surface area (Å²) in [5, 5.41) is 7.89. The van der Waals surface area contributed by atoms with Gasteiger partial charge in [0.05, 0.1) is 17.3 Å². The summed E-state index contributed by atoms with van der Waals surface area (Å²) in [6.07, 6.45) is 0.716. The van der Waals surface area contributed by atoms with Crippen LogP contribution >= 0.6 is 15.9 Å². The van der Waals surface area contributed by atoms with E-state index in [1.165, 1.54) is 0 Å². The second-order valence-corrected chi connectivity index (χ2v) is 7.95. The van der Waals surface area contributed by atoms with Crippen LogP contribution in [0, 0.1) is 0 Å². The first-order chi connectivity index (χ1) is 14.7. The largest absolute Gasteiger partial charge is 0.310 e. The predicted molar refractivity (Wildman–Crippen MR) is 125 cm³/mol. The Morgan fingerprint density at radius 2 is 1.60 bits per heavy atom. The van der Waals surface area contributed by atoms with Gasteiger partial charge in [-0.2, -0.15) is 5.10 Å². The molecule has 0 fully saturated rings. The fourth-order valence-electron chi connectivity index (χ4n) is 3.47. The SMILES string of the molecule is CC[C@@H](C(=O)Nc1cc(-c2ccccc2)nn1-c1ccc(Br)cc1)c1ccccc1. The Labute approximate surface area is 184 Å². The summed E-state index contributed by atoms with van der Waals surface area (Å²) >= 11 is 3.47. The van der Waals surface area contributed by atoms with Crippen molar-refractivity contribution in [3.05, 3.63) is 101 Å². The molecule has 1 N–H and O–H groups in total. The molecule has 0 bridgehead atoms. The van der Waals surface area contributed by atoms with Gasteiger partial charge in [0.25, 0.3) is 0 Å². The standard InChI is InChI=1S/C25H22BrN3O/c1-2-22(18-9-5-3-6-10-18)25(30)27-24-17-23(19-11-7-4-8-12-19)28-29(24)21-15-13-20(26)14-16-21/h3-17,22H,2H2,1H3,(H,27,30)/t22-/m1/s1.